The lowest BCUT2D eigenvalue weighted by molar-refractivity contribution is 0.639. The average molecular weight is 292 g/mol. The van der Waals surface area contributed by atoms with Gasteiger partial charge in [0.05, 0.1) is 23.7 Å². The monoisotopic (exact) mass is 292 g/mol. The third-order valence-electron chi connectivity index (χ3n) is 3.86. The largest absolute Gasteiger partial charge is 0.397 e. The van der Waals surface area contributed by atoms with Crippen LogP contribution in [-0.4, -0.2) is 9.55 Å². The van der Waals surface area contributed by atoms with Gasteiger partial charge in [-0.25, -0.2) is 4.98 Å². The number of nitrogens with one attached hydrogen (secondary N) is 1. The molecule has 1 heterocycles. The molecular formula is C18H20N4. The average Bonchev–Trinajstić information content (AvgIpc) is 3.08. The fourth-order valence-corrected chi connectivity index (χ4v) is 2.47. The molecule has 0 spiro atoms. The van der Waals surface area contributed by atoms with Crippen molar-refractivity contribution < 1.29 is 0 Å². The summed E-state index contributed by atoms with van der Waals surface area (Å²) in [5.74, 6) is 0. The molecule has 0 saturated heterocycles. The Labute approximate surface area is 130 Å². The van der Waals surface area contributed by atoms with Crippen molar-refractivity contribution in [1.29, 1.82) is 0 Å². The van der Waals surface area contributed by atoms with Crippen LogP contribution in [0, 0.1) is 0 Å². The van der Waals surface area contributed by atoms with Crippen LogP contribution in [0.4, 0.5) is 11.4 Å². The van der Waals surface area contributed by atoms with Crippen LogP contribution in [0.3, 0.4) is 0 Å². The van der Waals surface area contributed by atoms with Gasteiger partial charge < -0.3 is 15.6 Å². The molecule has 3 N–H and O–H groups in total. The number of nitrogens with zero attached hydrogens (tertiary/aromatic N) is 2. The minimum atomic E-state index is 0.216. The maximum Gasteiger partial charge on any atom is 0.0951 e. The second kappa shape index (κ2) is 6.35. The summed E-state index contributed by atoms with van der Waals surface area (Å²) in [6.07, 6.45) is 5.57. The maximum absolute atomic E-state index is 6.19. The van der Waals surface area contributed by atoms with Gasteiger partial charge in [0.25, 0.3) is 0 Å². The van der Waals surface area contributed by atoms with Crippen LogP contribution in [0.1, 0.15) is 24.1 Å². The first-order chi connectivity index (χ1) is 10.7. The first-order valence-corrected chi connectivity index (χ1v) is 7.38. The van der Waals surface area contributed by atoms with Crippen LogP contribution in [0.15, 0.2) is 67.3 Å². The Balaban J connectivity index is 1.72. The van der Waals surface area contributed by atoms with Crippen molar-refractivity contribution in [3.05, 3.63) is 78.4 Å². The highest BCUT2D eigenvalue weighted by Crippen LogP contribution is 2.25. The Morgan fingerprint density at radius 1 is 1.18 bits per heavy atom. The third-order valence-corrected chi connectivity index (χ3v) is 3.86. The van der Waals surface area contributed by atoms with Gasteiger partial charge in [0, 0.05) is 18.9 Å². The van der Waals surface area contributed by atoms with Crippen LogP contribution < -0.4 is 11.1 Å². The van der Waals surface area contributed by atoms with Crippen LogP contribution in [0.5, 0.6) is 0 Å². The number of nitrogens with two attached hydrogens (primary N) is 1. The number of hydrogen-bond acceptors (Lipinski definition) is 3. The number of anilines is 2. The summed E-state index contributed by atoms with van der Waals surface area (Å²) in [6.45, 7) is 2.90. The van der Waals surface area contributed by atoms with Gasteiger partial charge in [-0.2, -0.15) is 0 Å². The minimum absolute atomic E-state index is 0.216. The molecule has 112 valence electrons. The topological polar surface area (TPSA) is 55.9 Å². The van der Waals surface area contributed by atoms with Crippen LogP contribution in [0.2, 0.25) is 0 Å². The second-order valence-corrected chi connectivity index (χ2v) is 5.37. The van der Waals surface area contributed by atoms with E-state index in [-0.39, 0.29) is 6.04 Å². The summed E-state index contributed by atoms with van der Waals surface area (Å²) in [7, 11) is 0. The van der Waals surface area contributed by atoms with Crippen molar-refractivity contribution >= 4 is 11.4 Å². The number of aromatic nitrogens is 2. The fraction of sp³-hybridized carbons (Fsp3) is 0.167. The predicted molar refractivity (Wildman–Crippen MR) is 90.7 cm³/mol. The maximum atomic E-state index is 6.19. The van der Waals surface area contributed by atoms with E-state index in [9.17, 15) is 0 Å². The zero-order chi connectivity index (χ0) is 15.4. The van der Waals surface area contributed by atoms with Crippen LogP contribution in [-0.2, 0) is 6.54 Å². The summed E-state index contributed by atoms with van der Waals surface area (Å²) in [5.41, 5.74) is 10.3. The molecule has 0 amide bonds. The van der Waals surface area contributed by atoms with Crippen LogP contribution >= 0.6 is 0 Å². The second-order valence-electron chi connectivity index (χ2n) is 5.37. The number of hydrogen-bond donors (Lipinski definition) is 2. The smallest absolute Gasteiger partial charge is 0.0951 e. The molecule has 0 aliphatic rings. The van der Waals surface area contributed by atoms with Crippen molar-refractivity contribution in [1.82, 2.24) is 9.55 Å². The van der Waals surface area contributed by atoms with E-state index in [4.69, 9.17) is 5.73 Å². The zero-order valence-electron chi connectivity index (χ0n) is 12.6. The molecule has 0 fully saturated rings. The minimum Gasteiger partial charge on any atom is -0.397 e. The fourth-order valence-electron chi connectivity index (χ4n) is 2.47. The molecule has 1 aromatic heterocycles. The predicted octanol–water partition coefficient (Wildman–Crippen LogP) is 3.69. The summed E-state index contributed by atoms with van der Waals surface area (Å²) in [4.78, 5) is 4.09. The number of nitrogen functional groups attached to an aromatic ring is 1. The van der Waals surface area contributed by atoms with Gasteiger partial charge in [0.1, 0.15) is 0 Å². The molecule has 4 heteroatoms. The molecule has 1 atom stereocenters. The number of benzene rings is 2. The highest BCUT2D eigenvalue weighted by molar-refractivity contribution is 5.67. The van der Waals surface area contributed by atoms with Gasteiger partial charge in [0.15, 0.2) is 0 Å². The molecule has 0 saturated carbocycles. The van der Waals surface area contributed by atoms with Gasteiger partial charge in [0.2, 0.25) is 0 Å². The standard InChI is InChI=1S/C18H20N4/c1-14(22-10-9-20-13-22)16-7-8-18(17(19)11-16)21-12-15-5-3-2-4-6-15/h2-11,13-14,21H,12,19H2,1H3. The normalized spacial score (nSPS) is 12.0. The molecule has 0 aliphatic carbocycles. The van der Waals surface area contributed by atoms with Gasteiger partial charge >= 0.3 is 0 Å². The Morgan fingerprint density at radius 3 is 2.68 bits per heavy atom. The van der Waals surface area contributed by atoms with E-state index >= 15 is 0 Å². The summed E-state index contributed by atoms with van der Waals surface area (Å²) >= 11 is 0. The zero-order valence-corrected chi connectivity index (χ0v) is 12.6. The highest BCUT2D eigenvalue weighted by atomic mass is 15.0. The van der Waals surface area contributed by atoms with E-state index in [0.717, 1.165) is 17.9 Å². The quantitative estimate of drug-likeness (QED) is 0.705. The van der Waals surface area contributed by atoms with E-state index in [1.165, 1.54) is 11.1 Å². The molecule has 4 nitrogen and oxygen atoms in total. The highest BCUT2D eigenvalue weighted by Gasteiger charge is 2.09. The lowest BCUT2D eigenvalue weighted by atomic mass is 10.1. The molecule has 0 radical (unpaired) electrons. The van der Waals surface area contributed by atoms with Crippen LogP contribution in [0.25, 0.3) is 0 Å². The SMILES string of the molecule is CC(c1ccc(NCc2ccccc2)c(N)c1)n1ccnc1. The molecule has 0 bridgehead atoms. The molecule has 1 unspecified atom stereocenters. The number of rotatable bonds is 5. The number of imidazole rings is 1. The molecule has 22 heavy (non-hydrogen) atoms. The molecular weight excluding hydrogens is 272 g/mol. The van der Waals surface area contributed by atoms with Crippen molar-refractivity contribution in [2.75, 3.05) is 11.1 Å². The van der Waals surface area contributed by atoms with Gasteiger partial charge in [-0.1, -0.05) is 36.4 Å². The first kappa shape index (κ1) is 14.2. The van der Waals surface area contributed by atoms with Crippen molar-refractivity contribution in [3.63, 3.8) is 0 Å². The van der Waals surface area contributed by atoms with Gasteiger partial charge in [-0.15, -0.1) is 0 Å². The molecule has 2 aromatic carbocycles. The Hall–Kier alpha value is -2.75. The molecule has 3 rings (SSSR count). The molecule has 0 aliphatic heterocycles. The van der Waals surface area contributed by atoms with E-state index in [0.29, 0.717) is 0 Å². The van der Waals surface area contributed by atoms with E-state index in [1.54, 1.807) is 6.20 Å². The van der Waals surface area contributed by atoms with Gasteiger partial charge in [-0.3, -0.25) is 0 Å². The Kier molecular flexibility index (Phi) is 4.10. The van der Waals surface area contributed by atoms with Crippen molar-refractivity contribution in [2.45, 2.75) is 19.5 Å². The van der Waals surface area contributed by atoms with Crippen molar-refractivity contribution in [2.24, 2.45) is 0 Å². The Morgan fingerprint density at radius 2 is 2.00 bits per heavy atom. The first-order valence-electron chi connectivity index (χ1n) is 7.38. The van der Waals surface area contributed by atoms with E-state index < -0.39 is 0 Å². The van der Waals surface area contributed by atoms with Gasteiger partial charge in [-0.05, 0) is 30.2 Å². The summed E-state index contributed by atoms with van der Waals surface area (Å²) in [5, 5.41) is 3.39. The summed E-state index contributed by atoms with van der Waals surface area (Å²) in [6, 6.07) is 16.7. The Bertz CT molecular complexity index is 720. The van der Waals surface area contributed by atoms with E-state index in [2.05, 4.69) is 40.0 Å². The van der Waals surface area contributed by atoms with E-state index in [1.807, 2.05) is 42.9 Å². The third kappa shape index (κ3) is 3.11. The van der Waals surface area contributed by atoms with Crippen molar-refractivity contribution in [3.8, 4) is 0 Å². The lowest BCUT2D eigenvalue weighted by Crippen LogP contribution is -2.07. The summed E-state index contributed by atoms with van der Waals surface area (Å²) < 4.78 is 2.06. The molecule has 3 aromatic rings. The lowest BCUT2D eigenvalue weighted by Gasteiger charge is -2.16.